The minimum Gasteiger partial charge on any atom is -0.468 e. The van der Waals surface area contributed by atoms with Gasteiger partial charge >= 0.3 is 5.97 Å². The van der Waals surface area contributed by atoms with Gasteiger partial charge in [-0.2, -0.15) is 0 Å². The molecule has 1 fully saturated rings. The Labute approximate surface area is 71.3 Å². The number of carbonyl (C=O) groups is 2. The van der Waals surface area contributed by atoms with Crippen LogP contribution in [0.15, 0.2) is 0 Å². The number of piperidine rings is 1. The molecular formula is C8H13NO3. The number of carbonyl (C=O) groups excluding carboxylic acids is 2. The van der Waals surface area contributed by atoms with E-state index in [1.165, 1.54) is 7.11 Å². The van der Waals surface area contributed by atoms with Gasteiger partial charge in [0, 0.05) is 6.54 Å². The summed E-state index contributed by atoms with van der Waals surface area (Å²) in [4.78, 5) is 22.3. The van der Waals surface area contributed by atoms with E-state index < -0.39 is 11.9 Å². The van der Waals surface area contributed by atoms with Gasteiger partial charge in [-0.15, -0.1) is 0 Å². The first-order valence-electron chi connectivity index (χ1n) is 4.02. The summed E-state index contributed by atoms with van der Waals surface area (Å²) in [5.41, 5.74) is 0. The normalized spacial score (nSPS) is 29.3. The lowest BCUT2D eigenvalue weighted by molar-refractivity contribution is -0.153. The highest BCUT2D eigenvalue weighted by Crippen LogP contribution is 2.20. The third-order valence-corrected chi connectivity index (χ3v) is 2.21. The van der Waals surface area contributed by atoms with Crippen molar-refractivity contribution in [1.29, 1.82) is 0 Å². The van der Waals surface area contributed by atoms with Crippen molar-refractivity contribution in [3.8, 4) is 0 Å². The molecule has 1 aliphatic rings. The van der Waals surface area contributed by atoms with Crippen molar-refractivity contribution < 1.29 is 14.3 Å². The van der Waals surface area contributed by atoms with E-state index in [4.69, 9.17) is 0 Å². The van der Waals surface area contributed by atoms with Crippen molar-refractivity contribution in [3.05, 3.63) is 0 Å². The zero-order valence-electron chi connectivity index (χ0n) is 7.29. The van der Waals surface area contributed by atoms with Gasteiger partial charge in [-0.3, -0.25) is 9.59 Å². The van der Waals surface area contributed by atoms with Crippen molar-refractivity contribution in [3.63, 3.8) is 0 Å². The Balaban J connectivity index is 2.69. The molecule has 68 valence electrons. The van der Waals surface area contributed by atoms with Crippen LogP contribution < -0.4 is 5.32 Å². The van der Waals surface area contributed by atoms with Crippen molar-refractivity contribution in [2.75, 3.05) is 13.7 Å². The number of esters is 1. The Bertz CT molecular complexity index is 194. The molecule has 0 saturated carbocycles. The average Bonchev–Trinajstić information content (AvgIpc) is 2.03. The van der Waals surface area contributed by atoms with E-state index in [9.17, 15) is 9.59 Å². The molecule has 1 rings (SSSR count). The van der Waals surface area contributed by atoms with Crippen LogP contribution in [-0.4, -0.2) is 25.5 Å². The number of amides is 1. The van der Waals surface area contributed by atoms with Crippen LogP contribution in [0.2, 0.25) is 0 Å². The summed E-state index contributed by atoms with van der Waals surface area (Å²) in [7, 11) is 1.30. The van der Waals surface area contributed by atoms with Gasteiger partial charge in [-0.05, 0) is 12.3 Å². The molecule has 1 N–H and O–H groups in total. The van der Waals surface area contributed by atoms with Crippen LogP contribution >= 0.6 is 0 Å². The lowest BCUT2D eigenvalue weighted by Crippen LogP contribution is -2.45. The Kier molecular flexibility index (Phi) is 2.68. The van der Waals surface area contributed by atoms with Crippen LogP contribution in [-0.2, 0) is 14.3 Å². The van der Waals surface area contributed by atoms with Crippen molar-refractivity contribution in [2.45, 2.75) is 13.3 Å². The minimum absolute atomic E-state index is 0.0891. The van der Waals surface area contributed by atoms with Gasteiger partial charge in [-0.1, -0.05) is 6.92 Å². The molecule has 4 heteroatoms. The Hall–Kier alpha value is -1.06. The lowest BCUT2D eigenvalue weighted by Gasteiger charge is -2.25. The molecule has 12 heavy (non-hydrogen) atoms. The lowest BCUT2D eigenvalue weighted by atomic mass is 9.87. The molecule has 0 unspecified atom stereocenters. The van der Waals surface area contributed by atoms with Crippen LogP contribution in [0.3, 0.4) is 0 Å². The molecule has 1 amide bonds. The summed E-state index contributed by atoms with van der Waals surface area (Å²) in [5.74, 6) is -1.16. The third-order valence-electron chi connectivity index (χ3n) is 2.21. The van der Waals surface area contributed by atoms with E-state index in [1.807, 2.05) is 6.92 Å². The Morgan fingerprint density at radius 1 is 1.67 bits per heavy atom. The molecule has 0 spiro atoms. The van der Waals surface area contributed by atoms with Crippen LogP contribution in [0, 0.1) is 11.8 Å². The van der Waals surface area contributed by atoms with E-state index in [0.717, 1.165) is 6.42 Å². The van der Waals surface area contributed by atoms with Gasteiger partial charge in [-0.25, -0.2) is 0 Å². The van der Waals surface area contributed by atoms with Crippen LogP contribution in [0.1, 0.15) is 13.3 Å². The highest BCUT2D eigenvalue weighted by Gasteiger charge is 2.35. The summed E-state index contributed by atoms with van der Waals surface area (Å²) in [6.45, 7) is 2.55. The number of hydrogen-bond donors (Lipinski definition) is 1. The number of methoxy groups -OCH3 is 1. The average molecular weight is 171 g/mol. The number of nitrogens with one attached hydrogen (secondary N) is 1. The molecule has 0 radical (unpaired) electrons. The molecule has 4 nitrogen and oxygen atoms in total. The van der Waals surface area contributed by atoms with Gasteiger partial charge in [0.25, 0.3) is 0 Å². The standard InChI is InChI=1S/C8H13NO3/c1-5-3-4-9-7(10)6(5)8(11)12-2/h5-6H,3-4H2,1-2H3,(H,9,10)/t5-,6+/m0/s1. The quantitative estimate of drug-likeness (QED) is 0.444. The Morgan fingerprint density at radius 3 is 2.83 bits per heavy atom. The van der Waals surface area contributed by atoms with E-state index in [-0.39, 0.29) is 11.8 Å². The fraction of sp³-hybridized carbons (Fsp3) is 0.750. The van der Waals surface area contributed by atoms with Crippen molar-refractivity contribution in [2.24, 2.45) is 11.8 Å². The van der Waals surface area contributed by atoms with E-state index in [2.05, 4.69) is 10.1 Å². The molecule has 0 aromatic carbocycles. The number of hydrogen-bond acceptors (Lipinski definition) is 3. The highest BCUT2D eigenvalue weighted by atomic mass is 16.5. The van der Waals surface area contributed by atoms with Crippen molar-refractivity contribution in [1.82, 2.24) is 5.32 Å². The fourth-order valence-electron chi connectivity index (χ4n) is 1.42. The first kappa shape index (κ1) is 9.03. The highest BCUT2D eigenvalue weighted by molar-refractivity contribution is 5.98. The predicted octanol–water partition coefficient (Wildman–Crippen LogP) is -0.0684. The topological polar surface area (TPSA) is 55.4 Å². The molecule has 0 bridgehead atoms. The molecule has 0 aromatic rings. The molecular weight excluding hydrogens is 158 g/mol. The molecule has 1 heterocycles. The maximum atomic E-state index is 11.2. The van der Waals surface area contributed by atoms with Gasteiger partial charge < -0.3 is 10.1 Å². The largest absolute Gasteiger partial charge is 0.468 e. The second kappa shape index (κ2) is 3.56. The second-order valence-electron chi connectivity index (χ2n) is 3.06. The van der Waals surface area contributed by atoms with Crippen LogP contribution in [0.5, 0.6) is 0 Å². The fourth-order valence-corrected chi connectivity index (χ4v) is 1.42. The minimum atomic E-state index is -0.608. The predicted molar refractivity (Wildman–Crippen MR) is 42.3 cm³/mol. The SMILES string of the molecule is COC(=O)[C@H]1C(=O)NCC[C@@H]1C. The molecule has 1 aliphatic heterocycles. The summed E-state index contributed by atoms with van der Waals surface area (Å²) in [6.07, 6.45) is 0.839. The maximum Gasteiger partial charge on any atom is 0.318 e. The van der Waals surface area contributed by atoms with E-state index >= 15 is 0 Å². The summed E-state index contributed by atoms with van der Waals surface area (Å²) < 4.78 is 4.53. The van der Waals surface area contributed by atoms with Gasteiger partial charge in [0.15, 0.2) is 0 Å². The van der Waals surface area contributed by atoms with Gasteiger partial charge in [0.1, 0.15) is 5.92 Å². The second-order valence-corrected chi connectivity index (χ2v) is 3.06. The molecule has 1 saturated heterocycles. The number of ether oxygens (including phenoxy) is 1. The third kappa shape index (κ3) is 1.57. The molecule has 2 atom stereocenters. The van der Waals surface area contributed by atoms with Crippen molar-refractivity contribution >= 4 is 11.9 Å². The monoisotopic (exact) mass is 171 g/mol. The van der Waals surface area contributed by atoms with E-state index in [0.29, 0.717) is 6.54 Å². The smallest absolute Gasteiger partial charge is 0.318 e. The molecule has 0 aromatic heterocycles. The number of rotatable bonds is 1. The van der Waals surface area contributed by atoms with E-state index in [1.54, 1.807) is 0 Å². The maximum absolute atomic E-state index is 11.2. The Morgan fingerprint density at radius 2 is 2.33 bits per heavy atom. The summed E-state index contributed by atoms with van der Waals surface area (Å²) >= 11 is 0. The molecule has 0 aliphatic carbocycles. The zero-order valence-corrected chi connectivity index (χ0v) is 7.29. The summed E-state index contributed by atoms with van der Waals surface area (Å²) in [5, 5.41) is 2.64. The first-order valence-corrected chi connectivity index (χ1v) is 4.02. The zero-order chi connectivity index (χ0) is 9.14. The van der Waals surface area contributed by atoms with Crippen LogP contribution in [0.25, 0.3) is 0 Å². The van der Waals surface area contributed by atoms with Gasteiger partial charge in [0.2, 0.25) is 5.91 Å². The van der Waals surface area contributed by atoms with Gasteiger partial charge in [0.05, 0.1) is 7.11 Å². The summed E-state index contributed by atoms with van der Waals surface area (Å²) in [6, 6.07) is 0. The van der Waals surface area contributed by atoms with Crippen LogP contribution in [0.4, 0.5) is 0 Å². The first-order chi connectivity index (χ1) is 5.66.